The Hall–Kier alpha value is -3.13. The molecule has 0 spiro atoms. The van der Waals surface area contributed by atoms with Gasteiger partial charge in [0.05, 0.1) is 17.3 Å². The van der Waals surface area contributed by atoms with E-state index in [2.05, 4.69) is 5.32 Å². The van der Waals surface area contributed by atoms with Gasteiger partial charge in [-0.15, -0.1) is 0 Å². The van der Waals surface area contributed by atoms with Crippen molar-refractivity contribution >= 4 is 40.2 Å². The number of hydrogen-bond acceptors (Lipinski definition) is 5. The first-order valence-corrected chi connectivity index (χ1v) is 13.5. The van der Waals surface area contributed by atoms with E-state index >= 15 is 0 Å². The summed E-state index contributed by atoms with van der Waals surface area (Å²) in [7, 11) is 0. The lowest BCUT2D eigenvalue weighted by Crippen LogP contribution is -2.38. The van der Waals surface area contributed by atoms with Crippen LogP contribution in [-0.4, -0.2) is 50.9 Å². The molecule has 8 heteroatoms. The molecule has 1 fully saturated rings. The Bertz CT molecular complexity index is 1300. The van der Waals surface area contributed by atoms with Crippen molar-refractivity contribution in [2.24, 2.45) is 0 Å². The number of hydrogen-bond donors (Lipinski definition) is 1. The van der Waals surface area contributed by atoms with Crippen LogP contribution < -0.4 is 10.9 Å². The second kappa shape index (κ2) is 10.6. The molecule has 1 saturated heterocycles. The normalized spacial score (nSPS) is 16.3. The third-order valence-corrected chi connectivity index (χ3v) is 7.70. The Balaban J connectivity index is 1.29. The predicted octanol–water partition coefficient (Wildman–Crippen LogP) is 3.88. The Morgan fingerprint density at radius 1 is 0.943 bits per heavy atom. The van der Waals surface area contributed by atoms with Crippen molar-refractivity contribution in [2.45, 2.75) is 45.1 Å². The molecule has 2 aliphatic rings. The van der Waals surface area contributed by atoms with Crippen LogP contribution in [0.25, 0.3) is 10.9 Å². The molecule has 182 valence electrons. The average Bonchev–Trinajstić information content (AvgIpc) is 2.86. The molecule has 2 amide bonds. The highest BCUT2D eigenvalue weighted by Gasteiger charge is 2.18. The van der Waals surface area contributed by atoms with Gasteiger partial charge in [0.15, 0.2) is 0 Å². The average molecular weight is 491 g/mol. The molecule has 35 heavy (non-hydrogen) atoms. The van der Waals surface area contributed by atoms with Gasteiger partial charge in [-0.3, -0.25) is 19.0 Å². The Morgan fingerprint density at radius 3 is 2.51 bits per heavy atom. The predicted molar refractivity (Wildman–Crippen MR) is 140 cm³/mol. The maximum atomic E-state index is 13.0. The quantitative estimate of drug-likeness (QED) is 0.600. The molecule has 7 nitrogen and oxygen atoms in total. The van der Waals surface area contributed by atoms with Gasteiger partial charge < -0.3 is 10.2 Å². The summed E-state index contributed by atoms with van der Waals surface area (Å²) in [6.45, 7) is 2.33. The van der Waals surface area contributed by atoms with E-state index in [0.717, 1.165) is 68.1 Å². The summed E-state index contributed by atoms with van der Waals surface area (Å²) >= 11 is 1.88. The van der Waals surface area contributed by atoms with Gasteiger partial charge in [0, 0.05) is 48.8 Å². The van der Waals surface area contributed by atoms with Gasteiger partial charge in [0.1, 0.15) is 5.82 Å². The highest BCUT2D eigenvalue weighted by molar-refractivity contribution is 7.99. The van der Waals surface area contributed by atoms with Gasteiger partial charge in [-0.2, -0.15) is 11.8 Å². The lowest BCUT2D eigenvalue weighted by atomic mass is 10.1. The molecule has 0 unspecified atom stereocenters. The number of carbonyl (C=O) groups is 2. The first-order valence-electron chi connectivity index (χ1n) is 12.4. The van der Waals surface area contributed by atoms with Crippen molar-refractivity contribution in [3.8, 4) is 0 Å². The summed E-state index contributed by atoms with van der Waals surface area (Å²) in [5, 5.41) is 3.46. The zero-order chi connectivity index (χ0) is 24.2. The number of anilines is 1. The number of fused-ring (bicyclic) bond motifs is 2. The second-order valence-corrected chi connectivity index (χ2v) is 10.4. The minimum absolute atomic E-state index is 0.0210. The monoisotopic (exact) mass is 490 g/mol. The molecule has 3 heterocycles. The smallest absolute Gasteiger partial charge is 0.261 e. The Labute approximate surface area is 208 Å². The summed E-state index contributed by atoms with van der Waals surface area (Å²) < 4.78 is 1.80. The summed E-state index contributed by atoms with van der Waals surface area (Å²) in [5.74, 6) is 2.70. The molecule has 1 N–H and O–H groups in total. The third kappa shape index (κ3) is 5.42. The number of aromatic nitrogens is 2. The van der Waals surface area contributed by atoms with E-state index in [9.17, 15) is 14.4 Å². The zero-order valence-electron chi connectivity index (χ0n) is 19.8. The van der Waals surface area contributed by atoms with Crippen LogP contribution >= 0.6 is 11.8 Å². The van der Waals surface area contributed by atoms with Gasteiger partial charge in [-0.1, -0.05) is 25.0 Å². The van der Waals surface area contributed by atoms with Crippen LogP contribution in [0.15, 0.2) is 47.3 Å². The van der Waals surface area contributed by atoms with E-state index < -0.39 is 0 Å². The van der Waals surface area contributed by atoms with Gasteiger partial charge in [0.25, 0.3) is 11.5 Å². The SMILES string of the molecule is O=C(Nc1ccc(CC(=O)N2CCSCC2)cc1)c1ccc2c(=O)n3c(nc2c1)CCCCCC3. The van der Waals surface area contributed by atoms with Crippen molar-refractivity contribution in [3.63, 3.8) is 0 Å². The van der Waals surface area contributed by atoms with Gasteiger partial charge >= 0.3 is 0 Å². The van der Waals surface area contributed by atoms with Crippen LogP contribution in [0.5, 0.6) is 0 Å². The maximum Gasteiger partial charge on any atom is 0.261 e. The number of aryl methyl sites for hydroxylation is 1. The number of rotatable bonds is 4. The highest BCUT2D eigenvalue weighted by atomic mass is 32.2. The van der Waals surface area contributed by atoms with Crippen molar-refractivity contribution in [3.05, 3.63) is 69.8 Å². The third-order valence-electron chi connectivity index (χ3n) is 6.76. The van der Waals surface area contributed by atoms with Gasteiger partial charge in [-0.25, -0.2) is 4.98 Å². The Morgan fingerprint density at radius 2 is 1.71 bits per heavy atom. The molecule has 0 bridgehead atoms. The molecule has 1 aromatic heterocycles. The van der Waals surface area contributed by atoms with E-state index in [-0.39, 0.29) is 17.4 Å². The summed E-state index contributed by atoms with van der Waals surface area (Å²) in [6, 6.07) is 12.5. The van der Waals surface area contributed by atoms with Crippen LogP contribution in [0, 0.1) is 0 Å². The number of benzene rings is 2. The van der Waals surface area contributed by atoms with E-state index in [1.807, 2.05) is 40.9 Å². The van der Waals surface area contributed by atoms with Crippen molar-refractivity contribution in [1.29, 1.82) is 0 Å². The van der Waals surface area contributed by atoms with Crippen LogP contribution in [0.1, 0.15) is 47.4 Å². The van der Waals surface area contributed by atoms with Gasteiger partial charge in [-0.05, 0) is 48.7 Å². The van der Waals surface area contributed by atoms with Crippen molar-refractivity contribution in [2.75, 3.05) is 29.9 Å². The number of carbonyl (C=O) groups excluding carboxylic acids is 2. The van der Waals surface area contributed by atoms with Crippen molar-refractivity contribution in [1.82, 2.24) is 14.5 Å². The maximum absolute atomic E-state index is 13.0. The molecule has 0 aliphatic carbocycles. The van der Waals surface area contributed by atoms with Crippen LogP contribution in [0.4, 0.5) is 5.69 Å². The summed E-state index contributed by atoms with van der Waals surface area (Å²) in [5.41, 5.74) is 2.60. The van der Waals surface area contributed by atoms with E-state index in [1.54, 1.807) is 22.8 Å². The number of thioether (sulfide) groups is 1. The van der Waals surface area contributed by atoms with E-state index in [1.165, 1.54) is 0 Å². The molecule has 3 aromatic rings. The fourth-order valence-electron chi connectivity index (χ4n) is 4.74. The fourth-order valence-corrected chi connectivity index (χ4v) is 5.65. The minimum atomic E-state index is -0.254. The standard InChI is InChI=1S/C27H30N4O3S/c32-25(30-13-15-35-16-14-30)17-19-6-9-21(10-7-19)28-26(33)20-8-11-22-23(18-20)29-24-5-3-1-2-4-12-31(24)27(22)34/h6-11,18H,1-5,12-17H2,(H,28,33). The summed E-state index contributed by atoms with van der Waals surface area (Å²) in [4.78, 5) is 45.1. The zero-order valence-corrected chi connectivity index (χ0v) is 20.6. The Kier molecular flexibility index (Phi) is 7.18. The minimum Gasteiger partial charge on any atom is -0.341 e. The van der Waals surface area contributed by atoms with Gasteiger partial charge in [0.2, 0.25) is 5.91 Å². The lowest BCUT2D eigenvalue weighted by Gasteiger charge is -2.26. The highest BCUT2D eigenvalue weighted by Crippen LogP contribution is 2.18. The molecule has 0 atom stereocenters. The molecular formula is C27H30N4O3S. The summed E-state index contributed by atoms with van der Waals surface area (Å²) in [6.07, 6.45) is 5.46. The van der Waals surface area contributed by atoms with Crippen molar-refractivity contribution < 1.29 is 9.59 Å². The number of nitrogens with one attached hydrogen (secondary N) is 1. The number of nitrogens with zero attached hydrogens (tertiary/aromatic N) is 3. The van der Waals surface area contributed by atoms with Crippen LogP contribution in [0.2, 0.25) is 0 Å². The largest absolute Gasteiger partial charge is 0.341 e. The molecule has 2 aliphatic heterocycles. The molecule has 5 rings (SSSR count). The molecule has 0 radical (unpaired) electrons. The first-order chi connectivity index (χ1) is 17.1. The molecular weight excluding hydrogens is 460 g/mol. The number of amides is 2. The van der Waals surface area contributed by atoms with Crippen LogP contribution in [0.3, 0.4) is 0 Å². The van der Waals surface area contributed by atoms with E-state index in [4.69, 9.17) is 4.98 Å². The lowest BCUT2D eigenvalue weighted by molar-refractivity contribution is -0.130. The first kappa shape index (κ1) is 23.6. The molecule has 0 saturated carbocycles. The van der Waals surface area contributed by atoms with E-state index in [0.29, 0.717) is 35.1 Å². The van der Waals surface area contributed by atoms with Crippen LogP contribution in [-0.2, 0) is 24.2 Å². The molecule has 2 aromatic carbocycles. The fraction of sp³-hybridized carbons (Fsp3) is 0.407. The second-order valence-electron chi connectivity index (χ2n) is 9.20. The topological polar surface area (TPSA) is 84.3 Å².